The summed E-state index contributed by atoms with van der Waals surface area (Å²) in [6.07, 6.45) is 5.02. The minimum absolute atomic E-state index is 0.000243. The van der Waals surface area contributed by atoms with E-state index in [9.17, 15) is 10.5 Å². The van der Waals surface area contributed by atoms with Crippen molar-refractivity contribution in [1.82, 2.24) is 15.0 Å². The van der Waals surface area contributed by atoms with Crippen molar-refractivity contribution < 1.29 is 9.47 Å². The Morgan fingerprint density at radius 3 is 2.60 bits per heavy atom. The number of nitrogens with zero attached hydrogens (tertiary/aromatic N) is 5. The third-order valence-electron chi connectivity index (χ3n) is 4.43. The lowest BCUT2D eigenvalue weighted by atomic mass is 9.98. The van der Waals surface area contributed by atoms with Crippen molar-refractivity contribution >= 4 is 17.6 Å². The molecular weight excluding hydrogens is 400 g/mol. The summed E-state index contributed by atoms with van der Waals surface area (Å²) in [4.78, 5) is 12.7. The summed E-state index contributed by atoms with van der Waals surface area (Å²) < 4.78 is 10.8. The molecule has 0 radical (unpaired) electrons. The predicted octanol–water partition coefficient (Wildman–Crippen LogP) is 2.93. The monoisotopic (exact) mass is 416 g/mol. The molecular formula is C21H16N6O2S. The molecule has 8 nitrogen and oxygen atoms in total. The van der Waals surface area contributed by atoms with Crippen molar-refractivity contribution in [2.24, 2.45) is 0 Å². The number of rotatable bonds is 6. The molecule has 3 aromatic rings. The lowest BCUT2D eigenvalue weighted by molar-refractivity contribution is -0.0813. The zero-order valence-corrected chi connectivity index (χ0v) is 16.6. The molecule has 0 amide bonds. The van der Waals surface area contributed by atoms with E-state index in [1.807, 2.05) is 12.1 Å². The maximum Gasteiger partial charge on any atom is 0.213 e. The Morgan fingerprint density at radius 2 is 2.00 bits per heavy atom. The van der Waals surface area contributed by atoms with Crippen molar-refractivity contribution in [1.29, 1.82) is 10.5 Å². The van der Waals surface area contributed by atoms with Crippen LogP contribution in [-0.4, -0.2) is 34.3 Å². The molecule has 0 atom stereocenters. The van der Waals surface area contributed by atoms with Crippen LogP contribution in [0, 0.1) is 22.7 Å². The van der Waals surface area contributed by atoms with Gasteiger partial charge in [0.05, 0.1) is 18.8 Å². The molecule has 2 N–H and O–H groups in total. The van der Waals surface area contributed by atoms with Gasteiger partial charge in [0, 0.05) is 41.5 Å². The minimum Gasteiger partial charge on any atom is -0.469 e. The van der Waals surface area contributed by atoms with Crippen LogP contribution in [0.5, 0.6) is 5.88 Å². The molecule has 1 aliphatic rings. The molecule has 0 bridgehead atoms. The molecule has 1 saturated heterocycles. The van der Waals surface area contributed by atoms with Crippen LogP contribution in [-0.2, 0) is 10.5 Å². The van der Waals surface area contributed by atoms with Gasteiger partial charge in [-0.2, -0.15) is 10.5 Å². The van der Waals surface area contributed by atoms with E-state index in [4.69, 9.17) is 15.2 Å². The van der Waals surface area contributed by atoms with Crippen LogP contribution in [0.15, 0.2) is 47.9 Å². The molecule has 0 spiro atoms. The van der Waals surface area contributed by atoms with E-state index in [0.29, 0.717) is 41.0 Å². The molecule has 30 heavy (non-hydrogen) atoms. The smallest absolute Gasteiger partial charge is 0.213 e. The van der Waals surface area contributed by atoms with Crippen molar-refractivity contribution in [3.8, 4) is 29.1 Å². The SMILES string of the molecule is N#Cc1c(N)nc(SCc2cccnc2)c(C#N)c1-c1ccc(OC2COC2)nc1. The number of hydrogen-bond donors (Lipinski definition) is 1. The molecule has 4 heterocycles. The second-order valence-corrected chi connectivity index (χ2v) is 7.43. The zero-order valence-electron chi connectivity index (χ0n) is 15.8. The van der Waals surface area contributed by atoms with Crippen LogP contribution in [0.4, 0.5) is 5.82 Å². The topological polar surface area (TPSA) is 131 Å². The van der Waals surface area contributed by atoms with Gasteiger partial charge in [-0.25, -0.2) is 9.97 Å². The highest BCUT2D eigenvalue weighted by Gasteiger charge is 2.23. The highest BCUT2D eigenvalue weighted by molar-refractivity contribution is 7.98. The number of nitrogens with two attached hydrogens (primary N) is 1. The largest absolute Gasteiger partial charge is 0.469 e. The van der Waals surface area contributed by atoms with Gasteiger partial charge in [-0.1, -0.05) is 6.07 Å². The fourth-order valence-corrected chi connectivity index (χ4v) is 3.81. The number of pyridine rings is 3. The maximum absolute atomic E-state index is 9.86. The summed E-state index contributed by atoms with van der Waals surface area (Å²) in [5.41, 5.74) is 8.50. The van der Waals surface area contributed by atoms with Gasteiger partial charge in [-0.05, 0) is 17.7 Å². The van der Waals surface area contributed by atoms with Crippen LogP contribution in [0.3, 0.4) is 0 Å². The number of thioether (sulfide) groups is 1. The van der Waals surface area contributed by atoms with Gasteiger partial charge in [-0.15, -0.1) is 11.8 Å². The van der Waals surface area contributed by atoms with Crippen molar-refractivity contribution in [2.75, 3.05) is 18.9 Å². The molecule has 1 aliphatic heterocycles. The van der Waals surface area contributed by atoms with Crippen molar-refractivity contribution in [3.05, 3.63) is 59.5 Å². The van der Waals surface area contributed by atoms with Crippen LogP contribution in [0.1, 0.15) is 16.7 Å². The zero-order chi connectivity index (χ0) is 20.9. The number of ether oxygens (including phenoxy) is 2. The Hall–Kier alpha value is -3.66. The normalized spacial score (nSPS) is 13.1. The first-order valence-electron chi connectivity index (χ1n) is 9.05. The number of nitriles is 2. The third-order valence-corrected chi connectivity index (χ3v) is 5.48. The van der Waals surface area contributed by atoms with E-state index in [-0.39, 0.29) is 23.0 Å². The quantitative estimate of drug-likeness (QED) is 0.602. The van der Waals surface area contributed by atoms with Crippen LogP contribution < -0.4 is 10.5 Å². The number of nitrogen functional groups attached to an aromatic ring is 1. The van der Waals surface area contributed by atoms with Crippen LogP contribution in [0.2, 0.25) is 0 Å². The molecule has 0 aromatic carbocycles. The summed E-state index contributed by atoms with van der Waals surface area (Å²) in [5, 5.41) is 20.0. The first kappa shape index (κ1) is 19.6. The van der Waals surface area contributed by atoms with Crippen molar-refractivity contribution in [3.63, 3.8) is 0 Å². The number of aromatic nitrogens is 3. The Balaban J connectivity index is 1.69. The molecule has 148 valence electrons. The van der Waals surface area contributed by atoms with Gasteiger partial charge in [0.25, 0.3) is 0 Å². The molecule has 0 unspecified atom stereocenters. The molecule has 0 saturated carbocycles. The van der Waals surface area contributed by atoms with E-state index in [1.165, 1.54) is 11.8 Å². The Labute approximate surface area is 177 Å². The lowest BCUT2D eigenvalue weighted by Gasteiger charge is -2.26. The summed E-state index contributed by atoms with van der Waals surface area (Å²) in [7, 11) is 0. The van der Waals surface area contributed by atoms with Gasteiger partial charge in [-0.3, -0.25) is 4.98 Å². The standard InChI is InChI=1S/C21H16N6O2S/c22-6-16-19(14-3-4-18(26-9-14)29-15-10-28-11-15)17(7-23)21(27-20(16)24)30-12-13-2-1-5-25-8-13/h1-5,8-9,15H,10-12H2,(H2,24,27). The first-order valence-corrected chi connectivity index (χ1v) is 10.0. The number of anilines is 1. The van der Waals surface area contributed by atoms with Gasteiger partial charge in [0.2, 0.25) is 5.88 Å². The fourth-order valence-electron chi connectivity index (χ4n) is 2.88. The van der Waals surface area contributed by atoms with Gasteiger partial charge in [0.1, 0.15) is 34.6 Å². The first-order chi connectivity index (χ1) is 14.7. The highest BCUT2D eigenvalue weighted by atomic mass is 32.2. The predicted molar refractivity (Wildman–Crippen MR) is 110 cm³/mol. The van der Waals surface area contributed by atoms with Crippen LogP contribution >= 0.6 is 11.8 Å². The van der Waals surface area contributed by atoms with Crippen LogP contribution in [0.25, 0.3) is 11.1 Å². The highest BCUT2D eigenvalue weighted by Crippen LogP contribution is 2.36. The average molecular weight is 416 g/mol. The summed E-state index contributed by atoms with van der Waals surface area (Å²) in [6.45, 7) is 1.08. The Kier molecular flexibility index (Phi) is 5.75. The number of hydrogen-bond acceptors (Lipinski definition) is 9. The van der Waals surface area contributed by atoms with E-state index < -0.39 is 0 Å². The fraction of sp³-hybridized carbons (Fsp3) is 0.190. The molecule has 0 aliphatic carbocycles. The molecule has 9 heteroatoms. The molecule has 3 aromatic heterocycles. The summed E-state index contributed by atoms with van der Waals surface area (Å²) >= 11 is 1.37. The Morgan fingerprint density at radius 1 is 1.17 bits per heavy atom. The van der Waals surface area contributed by atoms with Gasteiger partial charge < -0.3 is 15.2 Å². The van der Waals surface area contributed by atoms with E-state index >= 15 is 0 Å². The molecule has 4 rings (SSSR count). The van der Waals surface area contributed by atoms with E-state index in [2.05, 4.69) is 27.1 Å². The summed E-state index contributed by atoms with van der Waals surface area (Å²) in [5.74, 6) is 1.10. The van der Waals surface area contributed by atoms with E-state index in [1.54, 1.807) is 30.7 Å². The van der Waals surface area contributed by atoms with E-state index in [0.717, 1.165) is 5.56 Å². The average Bonchev–Trinajstić information content (AvgIpc) is 2.75. The molecule has 1 fully saturated rings. The third kappa shape index (κ3) is 4.03. The summed E-state index contributed by atoms with van der Waals surface area (Å²) in [6, 6.07) is 11.5. The maximum atomic E-state index is 9.86. The van der Waals surface area contributed by atoms with Gasteiger partial charge >= 0.3 is 0 Å². The minimum atomic E-state index is -0.000243. The van der Waals surface area contributed by atoms with Crippen molar-refractivity contribution in [2.45, 2.75) is 16.9 Å². The Bertz CT molecular complexity index is 1140. The van der Waals surface area contributed by atoms with Gasteiger partial charge in [0.15, 0.2) is 0 Å². The second-order valence-electron chi connectivity index (χ2n) is 6.46. The lowest BCUT2D eigenvalue weighted by Crippen LogP contribution is -2.38. The second kappa shape index (κ2) is 8.78.